The number of H-pyrrole nitrogens is 1. The first kappa shape index (κ1) is 8.84. The monoisotopic (exact) mass is 261 g/mol. The smallest absolute Gasteiger partial charge is 0.406 e. The van der Waals surface area contributed by atoms with E-state index in [-0.39, 0.29) is 0 Å². The molecule has 5 heteroatoms. The Kier molecular flexibility index (Phi) is 1.96. The predicted molar refractivity (Wildman–Crippen MR) is 54.3 cm³/mol. The minimum absolute atomic E-state index is 0.410. The lowest BCUT2D eigenvalue weighted by molar-refractivity contribution is 0.555. The molecule has 2 aromatic rings. The maximum absolute atomic E-state index is 10.9. The quantitative estimate of drug-likeness (QED) is 0.793. The summed E-state index contributed by atoms with van der Waals surface area (Å²) in [5, 5.41) is 0.422. The van der Waals surface area contributed by atoms with Crippen molar-refractivity contribution >= 4 is 38.6 Å². The third kappa shape index (κ3) is 1.30. The predicted octanol–water partition coefficient (Wildman–Crippen LogP) is 2.85. The number of hydrogen-bond acceptors (Lipinski definition) is 2. The van der Waals surface area contributed by atoms with Crippen molar-refractivity contribution in [2.75, 3.05) is 0 Å². The van der Waals surface area contributed by atoms with Gasteiger partial charge in [0.25, 0.3) is 0 Å². The number of rotatable bonds is 0. The van der Waals surface area contributed by atoms with Crippen LogP contribution in [-0.2, 0) is 0 Å². The van der Waals surface area contributed by atoms with Crippen LogP contribution in [0.25, 0.3) is 11.1 Å². The minimum atomic E-state index is -0.488. The van der Waals surface area contributed by atoms with Gasteiger partial charge in [-0.05, 0) is 18.6 Å². The van der Waals surface area contributed by atoms with E-state index in [1.165, 1.54) is 0 Å². The second-order valence-electron chi connectivity index (χ2n) is 2.68. The zero-order valence-corrected chi connectivity index (χ0v) is 8.99. The van der Waals surface area contributed by atoms with Crippen molar-refractivity contribution in [3.63, 3.8) is 0 Å². The molecule has 2 rings (SSSR count). The summed E-state index contributed by atoms with van der Waals surface area (Å²) in [6.45, 7) is 1.87. The molecule has 0 aliphatic carbocycles. The molecule has 0 radical (unpaired) electrons. The molecule has 0 spiro atoms. The SMILES string of the molecule is Cc1c(Br)cc(Cl)c2oc(=O)[nH]c12. The van der Waals surface area contributed by atoms with Crippen molar-refractivity contribution in [3.05, 3.63) is 31.7 Å². The zero-order valence-electron chi connectivity index (χ0n) is 6.65. The minimum Gasteiger partial charge on any atom is -0.406 e. The van der Waals surface area contributed by atoms with E-state index in [1.54, 1.807) is 6.07 Å². The standard InChI is InChI=1S/C8H5BrClNO2/c1-3-4(9)2-5(10)7-6(3)11-8(12)13-7/h2H,1H3,(H,11,12). The molecule has 0 unspecified atom stereocenters. The van der Waals surface area contributed by atoms with Crippen molar-refractivity contribution in [1.29, 1.82) is 0 Å². The Balaban J connectivity index is 3.04. The fourth-order valence-electron chi connectivity index (χ4n) is 1.16. The molecule has 68 valence electrons. The van der Waals surface area contributed by atoms with Gasteiger partial charge in [0.05, 0.1) is 10.5 Å². The summed E-state index contributed by atoms with van der Waals surface area (Å²) in [7, 11) is 0. The Hall–Kier alpha value is -0.740. The number of oxazole rings is 1. The van der Waals surface area contributed by atoms with E-state index in [0.717, 1.165) is 10.0 Å². The van der Waals surface area contributed by atoms with Crippen LogP contribution in [0.3, 0.4) is 0 Å². The number of hydrogen-bond donors (Lipinski definition) is 1. The van der Waals surface area contributed by atoms with Gasteiger partial charge in [0.15, 0.2) is 5.58 Å². The Morgan fingerprint density at radius 2 is 2.31 bits per heavy atom. The molecule has 0 saturated carbocycles. The van der Waals surface area contributed by atoms with E-state index in [1.807, 2.05) is 6.92 Å². The largest absolute Gasteiger partial charge is 0.417 e. The van der Waals surface area contributed by atoms with Crippen LogP contribution in [0.1, 0.15) is 5.56 Å². The Morgan fingerprint density at radius 3 is 3.00 bits per heavy atom. The van der Waals surface area contributed by atoms with Crippen molar-refractivity contribution in [1.82, 2.24) is 4.98 Å². The van der Waals surface area contributed by atoms with Gasteiger partial charge in [-0.1, -0.05) is 27.5 Å². The van der Waals surface area contributed by atoms with Crippen LogP contribution in [0.4, 0.5) is 0 Å². The Bertz CT molecular complexity index is 529. The fourth-order valence-corrected chi connectivity index (χ4v) is 1.97. The number of aromatic amines is 1. The van der Waals surface area contributed by atoms with Gasteiger partial charge in [-0.25, -0.2) is 4.79 Å². The van der Waals surface area contributed by atoms with Gasteiger partial charge in [0, 0.05) is 4.47 Å². The van der Waals surface area contributed by atoms with Crippen LogP contribution < -0.4 is 5.76 Å². The first-order valence-corrected chi connectivity index (χ1v) is 4.74. The third-order valence-electron chi connectivity index (χ3n) is 1.85. The van der Waals surface area contributed by atoms with E-state index in [9.17, 15) is 4.79 Å². The molecule has 1 N–H and O–H groups in total. The van der Waals surface area contributed by atoms with Gasteiger partial charge in [-0.2, -0.15) is 0 Å². The summed E-state index contributed by atoms with van der Waals surface area (Å²) in [6, 6.07) is 1.70. The maximum Gasteiger partial charge on any atom is 0.417 e. The molecule has 0 amide bonds. The van der Waals surface area contributed by atoms with E-state index < -0.39 is 5.76 Å². The fraction of sp³-hybridized carbons (Fsp3) is 0.125. The first-order valence-electron chi connectivity index (χ1n) is 3.57. The molecule has 13 heavy (non-hydrogen) atoms. The summed E-state index contributed by atoms with van der Waals surface area (Å²) < 4.78 is 5.72. The van der Waals surface area contributed by atoms with Crippen LogP contribution in [0, 0.1) is 6.92 Å². The van der Waals surface area contributed by atoms with Crippen molar-refractivity contribution < 1.29 is 4.42 Å². The van der Waals surface area contributed by atoms with Crippen molar-refractivity contribution in [2.45, 2.75) is 6.92 Å². The molecular formula is C8H5BrClNO2. The van der Waals surface area contributed by atoms with Crippen LogP contribution in [-0.4, -0.2) is 4.98 Å². The highest BCUT2D eigenvalue weighted by Gasteiger charge is 2.10. The van der Waals surface area contributed by atoms with Gasteiger partial charge in [-0.15, -0.1) is 0 Å². The van der Waals surface area contributed by atoms with E-state index >= 15 is 0 Å². The number of benzene rings is 1. The molecule has 0 aliphatic heterocycles. The first-order chi connectivity index (χ1) is 6.09. The van der Waals surface area contributed by atoms with Crippen molar-refractivity contribution in [2.24, 2.45) is 0 Å². The highest BCUT2D eigenvalue weighted by molar-refractivity contribution is 9.10. The van der Waals surface area contributed by atoms with Crippen LogP contribution in [0.2, 0.25) is 5.02 Å². The Labute approximate surface area is 86.8 Å². The molecule has 1 aromatic carbocycles. The van der Waals surface area contributed by atoms with Crippen LogP contribution in [0.5, 0.6) is 0 Å². The van der Waals surface area contributed by atoms with Gasteiger partial charge in [-0.3, -0.25) is 4.98 Å². The molecule has 1 heterocycles. The van der Waals surface area contributed by atoms with Gasteiger partial charge >= 0.3 is 5.76 Å². The second kappa shape index (κ2) is 2.89. The summed E-state index contributed by atoms with van der Waals surface area (Å²) >= 11 is 9.19. The zero-order chi connectivity index (χ0) is 9.59. The average molecular weight is 262 g/mol. The number of fused-ring (bicyclic) bond motifs is 1. The summed E-state index contributed by atoms with van der Waals surface area (Å²) in [5.74, 6) is -0.488. The molecule has 0 atom stereocenters. The van der Waals surface area contributed by atoms with Crippen LogP contribution in [0.15, 0.2) is 19.8 Å². The lowest BCUT2D eigenvalue weighted by Gasteiger charge is -1.99. The second-order valence-corrected chi connectivity index (χ2v) is 3.95. The number of nitrogens with one attached hydrogen (secondary N) is 1. The molecule has 0 bridgehead atoms. The van der Waals surface area contributed by atoms with Gasteiger partial charge < -0.3 is 4.42 Å². The molecule has 0 aliphatic rings. The summed E-state index contributed by atoms with van der Waals surface area (Å²) in [4.78, 5) is 13.5. The normalized spacial score (nSPS) is 11.0. The maximum atomic E-state index is 10.9. The molecule has 1 aromatic heterocycles. The summed E-state index contributed by atoms with van der Waals surface area (Å²) in [5.41, 5.74) is 1.96. The highest BCUT2D eigenvalue weighted by atomic mass is 79.9. The number of aromatic nitrogens is 1. The van der Waals surface area contributed by atoms with Gasteiger partial charge in [0.2, 0.25) is 0 Å². The average Bonchev–Trinajstić information content (AvgIpc) is 2.44. The molecule has 3 nitrogen and oxygen atoms in total. The number of halogens is 2. The lowest BCUT2D eigenvalue weighted by atomic mass is 10.2. The van der Waals surface area contributed by atoms with E-state index in [4.69, 9.17) is 16.0 Å². The van der Waals surface area contributed by atoms with Crippen molar-refractivity contribution in [3.8, 4) is 0 Å². The van der Waals surface area contributed by atoms with Crippen LogP contribution >= 0.6 is 27.5 Å². The molecular weight excluding hydrogens is 257 g/mol. The topological polar surface area (TPSA) is 46.0 Å². The van der Waals surface area contributed by atoms with Gasteiger partial charge in [0.1, 0.15) is 0 Å². The van der Waals surface area contributed by atoms with E-state index in [0.29, 0.717) is 16.1 Å². The molecule has 0 saturated heterocycles. The molecule has 0 fully saturated rings. The highest BCUT2D eigenvalue weighted by Crippen LogP contribution is 2.30. The Morgan fingerprint density at radius 1 is 1.62 bits per heavy atom. The van der Waals surface area contributed by atoms with E-state index in [2.05, 4.69) is 20.9 Å². The lowest BCUT2D eigenvalue weighted by Crippen LogP contribution is -1.93. The summed E-state index contributed by atoms with van der Waals surface area (Å²) in [6.07, 6.45) is 0. The third-order valence-corrected chi connectivity index (χ3v) is 2.96. The number of aryl methyl sites for hydroxylation is 1.